The quantitative estimate of drug-likeness (QED) is 0.863. The van der Waals surface area contributed by atoms with Gasteiger partial charge in [0.05, 0.1) is 0 Å². The molecule has 0 bridgehead atoms. The fourth-order valence-corrected chi connectivity index (χ4v) is 2.92. The second kappa shape index (κ2) is 7.65. The van der Waals surface area contributed by atoms with Gasteiger partial charge in [0, 0.05) is 39.0 Å². The van der Waals surface area contributed by atoms with E-state index >= 15 is 0 Å². The van der Waals surface area contributed by atoms with Gasteiger partial charge in [-0.1, -0.05) is 19.1 Å². The normalized spacial score (nSPS) is 17.9. The maximum Gasteiger partial charge on any atom is 0.0468 e. The summed E-state index contributed by atoms with van der Waals surface area (Å²) >= 11 is 0. The van der Waals surface area contributed by atoms with Crippen molar-refractivity contribution >= 4 is 5.69 Å². The van der Waals surface area contributed by atoms with Gasteiger partial charge in [0.1, 0.15) is 0 Å². The Balaban J connectivity index is 2.08. The van der Waals surface area contributed by atoms with Crippen molar-refractivity contribution in [1.82, 2.24) is 5.32 Å². The van der Waals surface area contributed by atoms with Crippen LogP contribution in [0.3, 0.4) is 0 Å². The van der Waals surface area contributed by atoms with E-state index in [0.29, 0.717) is 6.04 Å². The van der Waals surface area contributed by atoms with E-state index in [0.717, 1.165) is 25.7 Å². The summed E-state index contributed by atoms with van der Waals surface area (Å²) in [4.78, 5) is 2.17. The van der Waals surface area contributed by atoms with Gasteiger partial charge in [0.25, 0.3) is 0 Å². The number of nitrogens with one attached hydrogen (secondary N) is 1. The summed E-state index contributed by atoms with van der Waals surface area (Å²) < 4.78 is 5.47. The van der Waals surface area contributed by atoms with Gasteiger partial charge in [-0.05, 0) is 49.4 Å². The molecule has 1 aromatic rings. The molecule has 0 amide bonds. The maximum absolute atomic E-state index is 5.47. The Morgan fingerprint density at radius 3 is 2.70 bits per heavy atom. The van der Waals surface area contributed by atoms with E-state index in [1.807, 2.05) is 0 Å². The average molecular weight is 276 g/mol. The van der Waals surface area contributed by atoms with Crippen molar-refractivity contribution in [3.63, 3.8) is 0 Å². The van der Waals surface area contributed by atoms with Gasteiger partial charge in [-0.3, -0.25) is 0 Å². The van der Waals surface area contributed by atoms with Crippen molar-refractivity contribution in [2.24, 2.45) is 5.92 Å². The van der Waals surface area contributed by atoms with Crippen LogP contribution in [0.5, 0.6) is 0 Å². The van der Waals surface area contributed by atoms with Crippen LogP contribution in [0.15, 0.2) is 24.3 Å². The molecule has 1 N–H and O–H groups in total. The molecule has 112 valence electrons. The standard InChI is InChI=1S/C17H28N2O/c1-4-18-17(12-14-8-10-20-11-9-14)15-6-5-7-16(13-15)19(2)3/h5-7,13-14,17-18H,4,8-12H2,1-3H3. The zero-order valence-corrected chi connectivity index (χ0v) is 13.1. The molecule has 0 radical (unpaired) electrons. The van der Waals surface area contributed by atoms with Crippen LogP contribution in [-0.4, -0.2) is 33.9 Å². The number of hydrogen-bond acceptors (Lipinski definition) is 3. The molecule has 0 aromatic heterocycles. The summed E-state index contributed by atoms with van der Waals surface area (Å²) in [5.74, 6) is 0.788. The van der Waals surface area contributed by atoms with Gasteiger partial charge >= 0.3 is 0 Å². The average Bonchev–Trinajstić information content (AvgIpc) is 2.48. The topological polar surface area (TPSA) is 24.5 Å². The molecule has 1 aliphatic heterocycles. The number of rotatable bonds is 6. The van der Waals surface area contributed by atoms with Gasteiger partial charge < -0.3 is 15.0 Å². The summed E-state index contributed by atoms with van der Waals surface area (Å²) in [7, 11) is 4.19. The van der Waals surface area contributed by atoms with Crippen LogP contribution in [0.2, 0.25) is 0 Å². The Bertz CT molecular complexity index is 400. The van der Waals surface area contributed by atoms with Gasteiger partial charge in [-0.15, -0.1) is 0 Å². The number of ether oxygens (including phenoxy) is 1. The molecule has 20 heavy (non-hydrogen) atoms. The van der Waals surface area contributed by atoms with E-state index in [9.17, 15) is 0 Å². The minimum absolute atomic E-state index is 0.461. The van der Waals surface area contributed by atoms with Crippen molar-refractivity contribution in [2.45, 2.75) is 32.2 Å². The number of benzene rings is 1. The molecule has 3 heteroatoms. The first-order chi connectivity index (χ1) is 9.70. The van der Waals surface area contributed by atoms with Crippen molar-refractivity contribution < 1.29 is 4.74 Å². The highest BCUT2D eigenvalue weighted by molar-refractivity contribution is 5.47. The van der Waals surface area contributed by atoms with Crippen LogP contribution in [-0.2, 0) is 4.74 Å². The summed E-state index contributed by atoms with van der Waals surface area (Å²) in [5.41, 5.74) is 2.68. The molecule has 1 atom stereocenters. The lowest BCUT2D eigenvalue weighted by atomic mass is 9.89. The molecule has 1 unspecified atom stereocenters. The maximum atomic E-state index is 5.47. The third kappa shape index (κ3) is 4.22. The molecule has 0 aliphatic carbocycles. The van der Waals surface area contributed by atoms with Gasteiger partial charge in [0.2, 0.25) is 0 Å². The summed E-state index contributed by atoms with van der Waals surface area (Å²) in [6, 6.07) is 9.36. The molecule has 3 nitrogen and oxygen atoms in total. The van der Waals surface area contributed by atoms with E-state index < -0.39 is 0 Å². The first-order valence-electron chi connectivity index (χ1n) is 7.79. The molecule has 1 saturated heterocycles. The minimum Gasteiger partial charge on any atom is -0.381 e. The molecular weight excluding hydrogens is 248 g/mol. The third-order valence-corrected chi connectivity index (χ3v) is 4.15. The monoisotopic (exact) mass is 276 g/mol. The van der Waals surface area contributed by atoms with Crippen molar-refractivity contribution in [1.29, 1.82) is 0 Å². The smallest absolute Gasteiger partial charge is 0.0468 e. The molecule has 1 aromatic carbocycles. The highest BCUT2D eigenvalue weighted by atomic mass is 16.5. The number of hydrogen-bond donors (Lipinski definition) is 1. The highest BCUT2D eigenvalue weighted by Crippen LogP contribution is 2.29. The molecule has 1 heterocycles. The SMILES string of the molecule is CCNC(CC1CCOCC1)c1cccc(N(C)C)c1. The highest BCUT2D eigenvalue weighted by Gasteiger charge is 2.20. The Morgan fingerprint density at radius 1 is 1.30 bits per heavy atom. The third-order valence-electron chi connectivity index (χ3n) is 4.15. The Hall–Kier alpha value is -1.06. The van der Waals surface area contributed by atoms with Crippen molar-refractivity contribution in [2.75, 3.05) is 38.8 Å². The zero-order valence-electron chi connectivity index (χ0n) is 13.1. The first kappa shape index (κ1) is 15.3. The summed E-state index contributed by atoms with van der Waals surface area (Å²) in [6.07, 6.45) is 3.62. The summed E-state index contributed by atoms with van der Waals surface area (Å²) in [5, 5.41) is 3.65. The van der Waals surface area contributed by atoms with E-state index in [2.05, 4.69) is 55.5 Å². The molecule has 1 aliphatic rings. The number of nitrogens with zero attached hydrogens (tertiary/aromatic N) is 1. The van der Waals surface area contributed by atoms with Crippen LogP contribution in [0.25, 0.3) is 0 Å². The van der Waals surface area contributed by atoms with Gasteiger partial charge in [-0.25, -0.2) is 0 Å². The van der Waals surface area contributed by atoms with E-state index in [4.69, 9.17) is 4.74 Å². The number of anilines is 1. The van der Waals surface area contributed by atoms with Crippen LogP contribution in [0, 0.1) is 5.92 Å². The van der Waals surface area contributed by atoms with E-state index in [1.54, 1.807) is 0 Å². The van der Waals surface area contributed by atoms with E-state index in [1.165, 1.54) is 30.5 Å². The van der Waals surface area contributed by atoms with Crippen molar-refractivity contribution in [3.8, 4) is 0 Å². The predicted octanol–water partition coefficient (Wildman–Crippen LogP) is 3.22. The van der Waals surface area contributed by atoms with E-state index in [-0.39, 0.29) is 0 Å². The second-order valence-electron chi connectivity index (χ2n) is 5.89. The lowest BCUT2D eigenvalue weighted by Crippen LogP contribution is -2.26. The first-order valence-corrected chi connectivity index (χ1v) is 7.79. The van der Waals surface area contributed by atoms with Crippen LogP contribution < -0.4 is 10.2 Å². The molecule has 1 fully saturated rings. The largest absolute Gasteiger partial charge is 0.381 e. The molecule has 0 spiro atoms. The minimum atomic E-state index is 0.461. The predicted molar refractivity (Wildman–Crippen MR) is 85.3 cm³/mol. The molecule has 2 rings (SSSR count). The van der Waals surface area contributed by atoms with Gasteiger partial charge in [-0.2, -0.15) is 0 Å². The lowest BCUT2D eigenvalue weighted by Gasteiger charge is -2.28. The van der Waals surface area contributed by atoms with Crippen LogP contribution in [0.1, 0.15) is 37.8 Å². The Labute approximate surface area is 123 Å². The van der Waals surface area contributed by atoms with Crippen LogP contribution >= 0.6 is 0 Å². The fraction of sp³-hybridized carbons (Fsp3) is 0.647. The fourth-order valence-electron chi connectivity index (χ4n) is 2.92. The zero-order chi connectivity index (χ0) is 14.4. The second-order valence-corrected chi connectivity index (χ2v) is 5.89. The molecular formula is C17H28N2O. The summed E-state index contributed by atoms with van der Waals surface area (Å²) in [6.45, 7) is 5.06. The Kier molecular flexibility index (Phi) is 5.86. The van der Waals surface area contributed by atoms with Crippen molar-refractivity contribution in [3.05, 3.63) is 29.8 Å². The molecule has 0 saturated carbocycles. The van der Waals surface area contributed by atoms with Gasteiger partial charge in [0.15, 0.2) is 0 Å². The van der Waals surface area contributed by atoms with Crippen LogP contribution in [0.4, 0.5) is 5.69 Å². The Morgan fingerprint density at radius 2 is 2.05 bits per heavy atom. The lowest BCUT2D eigenvalue weighted by molar-refractivity contribution is 0.0606.